The molecule has 1 aliphatic carbocycles. The highest BCUT2D eigenvalue weighted by molar-refractivity contribution is 7.89. The molecule has 7 nitrogen and oxygen atoms in total. The molecule has 1 saturated carbocycles. The number of benzene rings is 2. The predicted octanol–water partition coefficient (Wildman–Crippen LogP) is 5.13. The van der Waals surface area contributed by atoms with Gasteiger partial charge in [-0.05, 0) is 69.8 Å². The van der Waals surface area contributed by atoms with Crippen molar-refractivity contribution >= 4 is 50.7 Å². The van der Waals surface area contributed by atoms with Crippen LogP contribution in [0.3, 0.4) is 0 Å². The maximum absolute atomic E-state index is 12.9. The van der Waals surface area contributed by atoms with Crippen LogP contribution in [0.1, 0.15) is 31.2 Å². The number of amides is 1. The average molecular weight is 605 g/mol. The molecule has 1 amide bonds. The second-order valence-electron chi connectivity index (χ2n) is 9.98. The van der Waals surface area contributed by atoms with Crippen LogP contribution >= 0.6 is 34.8 Å². The lowest BCUT2D eigenvalue weighted by atomic mass is 9.79. The van der Waals surface area contributed by atoms with Crippen molar-refractivity contribution in [1.29, 1.82) is 0 Å². The zero-order valence-corrected chi connectivity index (χ0v) is 25.1. The van der Waals surface area contributed by atoms with Crippen LogP contribution in [0.25, 0.3) is 0 Å². The van der Waals surface area contributed by atoms with E-state index in [0.717, 1.165) is 36.4 Å². The first-order valence-electron chi connectivity index (χ1n) is 12.7. The Balaban J connectivity index is 1.40. The third-order valence-corrected chi connectivity index (χ3v) is 10.0. The summed E-state index contributed by atoms with van der Waals surface area (Å²) in [4.78, 5) is 14.5. The molecule has 1 unspecified atom stereocenters. The fraction of sp³-hybridized carbons (Fsp3) is 0.519. The molecule has 210 valence electrons. The monoisotopic (exact) mass is 603 g/mol. The Labute approximate surface area is 241 Å². The van der Waals surface area contributed by atoms with Gasteiger partial charge in [0.15, 0.2) is 0 Å². The van der Waals surface area contributed by atoms with Gasteiger partial charge < -0.3 is 15.0 Å². The van der Waals surface area contributed by atoms with E-state index < -0.39 is 10.0 Å². The molecule has 0 radical (unpaired) electrons. The Bertz CT molecular complexity index is 1150. The molecule has 0 aliphatic heterocycles. The zero-order chi connectivity index (χ0) is 27.9. The Morgan fingerprint density at radius 2 is 1.63 bits per heavy atom. The molecule has 1 atom stereocenters. The van der Waals surface area contributed by atoms with Crippen molar-refractivity contribution in [2.75, 3.05) is 40.9 Å². The van der Waals surface area contributed by atoms with Gasteiger partial charge in [0.2, 0.25) is 15.9 Å². The van der Waals surface area contributed by atoms with Gasteiger partial charge in [0.1, 0.15) is 11.5 Å². The van der Waals surface area contributed by atoms with E-state index in [0.29, 0.717) is 12.0 Å². The normalized spacial score (nSPS) is 19.1. The molecule has 0 spiro atoms. The zero-order valence-electron chi connectivity index (χ0n) is 22.0. The highest BCUT2D eigenvalue weighted by Gasteiger charge is 2.30. The van der Waals surface area contributed by atoms with Crippen LogP contribution in [0, 0.1) is 5.92 Å². The molecule has 2 aromatic rings. The molecule has 11 heteroatoms. The number of halogens is 3. The minimum atomic E-state index is -3.95. The molecule has 38 heavy (non-hydrogen) atoms. The fourth-order valence-electron chi connectivity index (χ4n) is 4.95. The van der Waals surface area contributed by atoms with Crippen molar-refractivity contribution in [3.8, 4) is 0 Å². The maximum atomic E-state index is 12.9. The molecule has 1 fully saturated rings. The topological polar surface area (TPSA) is 79.0 Å². The van der Waals surface area contributed by atoms with Crippen LogP contribution in [0.2, 0.25) is 15.1 Å². The molecule has 0 aromatic heterocycles. The minimum absolute atomic E-state index is 0.0311. The Morgan fingerprint density at radius 1 is 1.03 bits per heavy atom. The van der Waals surface area contributed by atoms with E-state index in [4.69, 9.17) is 39.5 Å². The maximum Gasteiger partial charge on any atom is 0.246 e. The minimum Gasteiger partial charge on any atom is -0.370 e. The lowest BCUT2D eigenvalue weighted by molar-refractivity contribution is -0.126. The smallest absolute Gasteiger partial charge is 0.246 e. The van der Waals surface area contributed by atoms with Crippen LogP contribution < -0.4 is 5.32 Å². The van der Waals surface area contributed by atoms with Gasteiger partial charge in [-0.3, -0.25) is 4.79 Å². The first-order chi connectivity index (χ1) is 18.0. The summed E-state index contributed by atoms with van der Waals surface area (Å²) in [6.07, 6.45) is 4.99. The Kier molecular flexibility index (Phi) is 11.7. The van der Waals surface area contributed by atoms with Crippen LogP contribution in [0.15, 0.2) is 47.4 Å². The summed E-state index contributed by atoms with van der Waals surface area (Å²) in [5.41, 5.74) is 1.34. The number of hydrogen-bond donors (Lipinski definition) is 1. The van der Waals surface area contributed by atoms with Crippen LogP contribution in [-0.2, 0) is 26.0 Å². The van der Waals surface area contributed by atoms with E-state index in [-0.39, 0.29) is 51.7 Å². The quantitative estimate of drug-likeness (QED) is 0.340. The van der Waals surface area contributed by atoms with Crippen molar-refractivity contribution in [2.45, 2.75) is 49.1 Å². The molecule has 3 rings (SSSR count). The molecular formula is C27H36Cl3N3O4S. The molecule has 1 N–H and O–H groups in total. The van der Waals surface area contributed by atoms with Gasteiger partial charge in [-0.25, -0.2) is 8.42 Å². The highest BCUT2D eigenvalue weighted by Crippen LogP contribution is 2.34. The number of rotatable bonds is 12. The van der Waals surface area contributed by atoms with Gasteiger partial charge in [-0.1, -0.05) is 65.1 Å². The second kappa shape index (κ2) is 14.3. The predicted molar refractivity (Wildman–Crippen MR) is 154 cm³/mol. The third-order valence-electron chi connectivity index (χ3n) is 7.05. The van der Waals surface area contributed by atoms with Crippen molar-refractivity contribution < 1.29 is 17.9 Å². The Morgan fingerprint density at radius 3 is 2.21 bits per heavy atom. The largest absolute Gasteiger partial charge is 0.370 e. The number of nitrogens with zero attached hydrogens (tertiary/aromatic N) is 2. The standard InChI is InChI=1S/C27H36Cl3N3O4S/c1-32(2)25(15-19-7-5-4-6-8-19)20-9-11-22(12-10-20)31-26(34)18-37-14-13-33(3)38(35,36)27-23(29)16-21(28)17-24(27)30/h4-8,16-17,20,22,25H,9-15,18H2,1-3H3,(H,31,34). The lowest BCUT2D eigenvalue weighted by Crippen LogP contribution is -2.44. The number of sulfonamides is 1. The van der Waals surface area contributed by atoms with Crippen molar-refractivity contribution in [1.82, 2.24) is 14.5 Å². The molecular weight excluding hydrogens is 569 g/mol. The van der Waals surface area contributed by atoms with E-state index in [2.05, 4.69) is 48.6 Å². The first-order valence-corrected chi connectivity index (χ1v) is 15.2. The van der Waals surface area contributed by atoms with Crippen molar-refractivity contribution in [3.63, 3.8) is 0 Å². The van der Waals surface area contributed by atoms with Gasteiger partial charge >= 0.3 is 0 Å². The van der Waals surface area contributed by atoms with E-state index in [1.807, 2.05) is 6.07 Å². The molecule has 0 saturated heterocycles. The SMILES string of the molecule is CN(C)C(Cc1ccccc1)C1CCC(NC(=O)COCCN(C)S(=O)(=O)c2c(Cl)cc(Cl)cc2Cl)CC1. The summed E-state index contributed by atoms with van der Waals surface area (Å²) in [6.45, 7) is -0.0589. The summed E-state index contributed by atoms with van der Waals surface area (Å²) < 4.78 is 32.3. The summed E-state index contributed by atoms with van der Waals surface area (Å²) in [7, 11) is 1.73. The first kappa shape index (κ1) is 31.1. The highest BCUT2D eigenvalue weighted by atomic mass is 35.5. The van der Waals surface area contributed by atoms with Crippen LogP contribution in [-0.4, -0.2) is 76.5 Å². The van der Waals surface area contributed by atoms with Crippen LogP contribution in [0.4, 0.5) is 0 Å². The van der Waals surface area contributed by atoms with E-state index >= 15 is 0 Å². The molecule has 0 bridgehead atoms. The summed E-state index contributed by atoms with van der Waals surface area (Å²) >= 11 is 18.0. The number of nitrogens with one attached hydrogen (secondary N) is 1. The van der Waals surface area contributed by atoms with E-state index in [1.54, 1.807) is 0 Å². The molecule has 1 aliphatic rings. The van der Waals surface area contributed by atoms with E-state index in [1.165, 1.54) is 24.7 Å². The number of carbonyl (C=O) groups is 1. The number of hydrogen-bond acceptors (Lipinski definition) is 5. The number of ether oxygens (including phenoxy) is 1. The van der Waals surface area contributed by atoms with Gasteiger partial charge in [0, 0.05) is 30.7 Å². The lowest BCUT2D eigenvalue weighted by Gasteiger charge is -2.37. The summed E-state index contributed by atoms with van der Waals surface area (Å²) in [5.74, 6) is 0.380. The van der Waals surface area contributed by atoms with Crippen molar-refractivity contribution in [2.24, 2.45) is 5.92 Å². The number of likely N-dealkylation sites (N-methyl/N-ethyl adjacent to an activating group) is 2. The van der Waals surface area contributed by atoms with Crippen LogP contribution in [0.5, 0.6) is 0 Å². The van der Waals surface area contributed by atoms with Gasteiger partial charge in [0.25, 0.3) is 0 Å². The summed E-state index contributed by atoms with van der Waals surface area (Å²) in [5, 5.41) is 3.20. The molecule has 2 aromatic carbocycles. The second-order valence-corrected chi connectivity index (χ2v) is 13.2. The van der Waals surface area contributed by atoms with Gasteiger partial charge in [0.05, 0.1) is 16.7 Å². The van der Waals surface area contributed by atoms with Crippen molar-refractivity contribution in [3.05, 3.63) is 63.1 Å². The van der Waals surface area contributed by atoms with Gasteiger partial charge in [-0.15, -0.1) is 0 Å². The third kappa shape index (κ3) is 8.55. The summed E-state index contributed by atoms with van der Waals surface area (Å²) in [6, 6.07) is 13.8. The number of carbonyl (C=O) groups excluding carboxylic acids is 1. The van der Waals surface area contributed by atoms with Gasteiger partial charge in [-0.2, -0.15) is 4.31 Å². The fourth-order valence-corrected chi connectivity index (χ4v) is 7.59. The molecule has 0 heterocycles. The van der Waals surface area contributed by atoms with E-state index in [9.17, 15) is 13.2 Å². The Hall–Kier alpha value is -1.39. The average Bonchev–Trinajstić information content (AvgIpc) is 2.85.